The lowest BCUT2D eigenvalue weighted by Crippen LogP contribution is -2.47. The number of carbonyl (C=O) groups excluding carboxylic acids is 1. The fourth-order valence-electron chi connectivity index (χ4n) is 3.40. The number of carbonyl (C=O) groups is 1. The van der Waals surface area contributed by atoms with Gasteiger partial charge in [-0.15, -0.1) is 0 Å². The fraction of sp³-hybridized carbons (Fsp3) is 0.526. The predicted molar refractivity (Wildman–Crippen MR) is 94.0 cm³/mol. The molecule has 1 fully saturated rings. The third kappa shape index (κ3) is 3.79. The SMILES string of the molecule is COCCOC(=O)N(C)C1CCN(CC2=c3ccccc3=C2)CC1. The van der Waals surface area contributed by atoms with Crippen molar-refractivity contribution in [1.82, 2.24) is 9.80 Å². The molecule has 1 heterocycles. The van der Waals surface area contributed by atoms with Crippen LogP contribution >= 0.6 is 0 Å². The molecule has 1 aromatic rings. The van der Waals surface area contributed by atoms with Gasteiger partial charge in [0.2, 0.25) is 0 Å². The van der Waals surface area contributed by atoms with E-state index in [4.69, 9.17) is 9.47 Å². The van der Waals surface area contributed by atoms with Gasteiger partial charge in [0.1, 0.15) is 6.61 Å². The molecule has 1 amide bonds. The van der Waals surface area contributed by atoms with Crippen LogP contribution in [0.25, 0.3) is 11.6 Å². The van der Waals surface area contributed by atoms with Crippen molar-refractivity contribution in [1.29, 1.82) is 0 Å². The smallest absolute Gasteiger partial charge is 0.409 e. The zero-order chi connectivity index (χ0) is 16.9. The number of likely N-dealkylation sites (tertiary alicyclic amines) is 1. The van der Waals surface area contributed by atoms with Gasteiger partial charge in [-0.05, 0) is 34.9 Å². The van der Waals surface area contributed by atoms with Gasteiger partial charge in [0.25, 0.3) is 0 Å². The minimum atomic E-state index is -0.249. The maximum Gasteiger partial charge on any atom is 0.409 e. The maximum atomic E-state index is 12.0. The molecule has 3 rings (SSSR count). The first-order chi connectivity index (χ1) is 11.7. The van der Waals surface area contributed by atoms with Crippen LogP contribution in [0.1, 0.15) is 12.8 Å². The van der Waals surface area contributed by atoms with Crippen LogP contribution in [0.4, 0.5) is 4.79 Å². The molecule has 0 unspecified atom stereocenters. The van der Waals surface area contributed by atoms with E-state index in [1.165, 1.54) is 16.0 Å². The van der Waals surface area contributed by atoms with Crippen molar-refractivity contribution in [2.24, 2.45) is 0 Å². The molecule has 5 heteroatoms. The normalized spacial score (nSPS) is 17.7. The molecule has 1 aliphatic heterocycles. The number of amides is 1. The number of rotatable bonds is 6. The van der Waals surface area contributed by atoms with Crippen LogP contribution in [0.3, 0.4) is 0 Å². The van der Waals surface area contributed by atoms with Gasteiger partial charge in [-0.2, -0.15) is 0 Å². The second kappa shape index (κ2) is 7.81. The lowest BCUT2D eigenvalue weighted by Gasteiger charge is -2.36. The van der Waals surface area contributed by atoms with Gasteiger partial charge in [-0.3, -0.25) is 4.90 Å². The standard InChI is InChI=1S/C19H26N2O3/c1-20(19(22)24-12-11-23-2)17-7-9-21(10-8-17)14-16-13-15-5-3-4-6-18(15)16/h3-6,13,17H,7-12,14H2,1-2H3. The van der Waals surface area contributed by atoms with Crippen LogP contribution in [-0.4, -0.2) is 68.9 Å². The Labute approximate surface area is 143 Å². The maximum absolute atomic E-state index is 12.0. The number of nitrogens with zero attached hydrogens (tertiary/aromatic N) is 2. The van der Waals surface area contributed by atoms with Crippen molar-refractivity contribution < 1.29 is 14.3 Å². The van der Waals surface area contributed by atoms with E-state index in [9.17, 15) is 4.79 Å². The van der Waals surface area contributed by atoms with Crippen LogP contribution in [0, 0.1) is 0 Å². The van der Waals surface area contributed by atoms with Crippen molar-refractivity contribution >= 4 is 17.7 Å². The second-order valence-corrected chi connectivity index (χ2v) is 6.48. The minimum absolute atomic E-state index is 0.249. The molecular formula is C19H26N2O3. The van der Waals surface area contributed by atoms with E-state index in [0.29, 0.717) is 13.2 Å². The highest BCUT2D eigenvalue weighted by Gasteiger charge is 2.26. The molecule has 1 saturated heterocycles. The summed E-state index contributed by atoms with van der Waals surface area (Å²) in [6.45, 7) is 3.78. The number of hydrogen-bond donors (Lipinski definition) is 0. The minimum Gasteiger partial charge on any atom is -0.447 e. The van der Waals surface area contributed by atoms with Gasteiger partial charge in [0.15, 0.2) is 0 Å². The summed E-state index contributed by atoms with van der Waals surface area (Å²) in [4.78, 5) is 16.2. The van der Waals surface area contributed by atoms with Crippen molar-refractivity contribution in [3.8, 4) is 0 Å². The Hall–Kier alpha value is -1.85. The molecule has 2 aliphatic rings. The summed E-state index contributed by atoms with van der Waals surface area (Å²) in [5.41, 5.74) is 1.43. The Balaban J connectivity index is 1.46. The van der Waals surface area contributed by atoms with E-state index < -0.39 is 0 Å². The first-order valence-corrected chi connectivity index (χ1v) is 8.60. The van der Waals surface area contributed by atoms with Gasteiger partial charge in [0.05, 0.1) is 6.61 Å². The van der Waals surface area contributed by atoms with Crippen molar-refractivity contribution in [2.75, 3.05) is 47.0 Å². The predicted octanol–water partition coefficient (Wildman–Crippen LogP) is 0.811. The molecule has 1 aromatic carbocycles. The van der Waals surface area contributed by atoms with Gasteiger partial charge in [-0.25, -0.2) is 4.79 Å². The topological polar surface area (TPSA) is 42.0 Å². The number of benzene rings is 1. The van der Waals surface area contributed by atoms with Crippen LogP contribution in [0.2, 0.25) is 0 Å². The van der Waals surface area contributed by atoms with Crippen LogP contribution in [0.15, 0.2) is 24.3 Å². The van der Waals surface area contributed by atoms with E-state index >= 15 is 0 Å². The molecule has 0 atom stereocenters. The number of methoxy groups -OCH3 is 1. The van der Waals surface area contributed by atoms with Gasteiger partial charge in [-0.1, -0.05) is 24.3 Å². The molecule has 1 aliphatic carbocycles. The largest absolute Gasteiger partial charge is 0.447 e. The second-order valence-electron chi connectivity index (χ2n) is 6.48. The molecule has 0 bridgehead atoms. The van der Waals surface area contributed by atoms with E-state index in [2.05, 4.69) is 35.2 Å². The summed E-state index contributed by atoms with van der Waals surface area (Å²) in [7, 11) is 3.43. The van der Waals surface area contributed by atoms with E-state index in [1.54, 1.807) is 12.0 Å². The summed E-state index contributed by atoms with van der Waals surface area (Å²) >= 11 is 0. The molecule has 5 nitrogen and oxygen atoms in total. The quantitative estimate of drug-likeness (QED) is 0.724. The van der Waals surface area contributed by atoms with Gasteiger partial charge < -0.3 is 14.4 Å². The molecule has 130 valence electrons. The number of hydrogen-bond acceptors (Lipinski definition) is 4. The molecule has 0 saturated carbocycles. The Morgan fingerprint density at radius 3 is 2.71 bits per heavy atom. The first kappa shape index (κ1) is 17.0. The monoisotopic (exact) mass is 330 g/mol. The van der Waals surface area contributed by atoms with E-state index in [0.717, 1.165) is 32.5 Å². The third-order valence-corrected chi connectivity index (χ3v) is 4.94. The molecule has 0 radical (unpaired) electrons. The number of fused-ring (bicyclic) bond motifs is 1. The number of piperidine rings is 1. The Morgan fingerprint density at radius 1 is 1.25 bits per heavy atom. The highest BCUT2D eigenvalue weighted by atomic mass is 16.6. The van der Waals surface area contributed by atoms with Gasteiger partial charge >= 0.3 is 6.09 Å². The molecule has 0 N–H and O–H groups in total. The fourth-order valence-corrected chi connectivity index (χ4v) is 3.40. The van der Waals surface area contributed by atoms with E-state index in [1.807, 2.05) is 7.05 Å². The Bertz CT molecular complexity index is 693. The van der Waals surface area contributed by atoms with Crippen molar-refractivity contribution in [3.63, 3.8) is 0 Å². The zero-order valence-electron chi connectivity index (χ0n) is 14.5. The average molecular weight is 330 g/mol. The van der Waals surface area contributed by atoms with Crippen molar-refractivity contribution in [3.05, 3.63) is 34.7 Å². The van der Waals surface area contributed by atoms with Crippen LogP contribution in [-0.2, 0) is 9.47 Å². The lowest BCUT2D eigenvalue weighted by molar-refractivity contribution is 0.0581. The first-order valence-electron chi connectivity index (χ1n) is 8.60. The van der Waals surface area contributed by atoms with Crippen LogP contribution < -0.4 is 10.4 Å². The highest BCUT2D eigenvalue weighted by Crippen LogP contribution is 2.18. The molecule has 0 spiro atoms. The Morgan fingerprint density at radius 2 is 2.00 bits per heavy atom. The zero-order valence-corrected chi connectivity index (χ0v) is 14.5. The van der Waals surface area contributed by atoms with E-state index in [-0.39, 0.29) is 12.1 Å². The summed E-state index contributed by atoms with van der Waals surface area (Å²) in [6.07, 6.45) is 4.01. The molecule has 0 aromatic heterocycles. The molecule has 24 heavy (non-hydrogen) atoms. The Kier molecular flexibility index (Phi) is 5.53. The summed E-state index contributed by atoms with van der Waals surface area (Å²) < 4.78 is 10.1. The summed E-state index contributed by atoms with van der Waals surface area (Å²) in [5.74, 6) is 0. The molecular weight excluding hydrogens is 304 g/mol. The lowest BCUT2D eigenvalue weighted by atomic mass is 9.98. The van der Waals surface area contributed by atoms with Crippen LogP contribution in [0.5, 0.6) is 0 Å². The van der Waals surface area contributed by atoms with Crippen molar-refractivity contribution in [2.45, 2.75) is 18.9 Å². The summed E-state index contributed by atoms with van der Waals surface area (Å²) in [5, 5.41) is 2.74. The van der Waals surface area contributed by atoms with Gasteiger partial charge in [0, 0.05) is 39.8 Å². The highest BCUT2D eigenvalue weighted by molar-refractivity contribution is 5.83. The average Bonchev–Trinajstić information content (AvgIpc) is 2.60. The third-order valence-electron chi connectivity index (χ3n) is 4.94. The number of ether oxygens (including phenoxy) is 2. The summed E-state index contributed by atoms with van der Waals surface area (Å²) in [6, 6.07) is 8.80.